The predicted molar refractivity (Wildman–Crippen MR) is 158 cm³/mol. The van der Waals surface area contributed by atoms with Gasteiger partial charge in [0.2, 0.25) is 0 Å². The minimum absolute atomic E-state index is 0.0130. The summed E-state index contributed by atoms with van der Waals surface area (Å²) in [5, 5.41) is 26.4. The summed E-state index contributed by atoms with van der Waals surface area (Å²) in [5.41, 5.74) is 3.24. The molecule has 0 saturated heterocycles. The number of phenols is 1. The second kappa shape index (κ2) is 12.4. The molecule has 0 unspecified atom stereocenters. The molecule has 0 atom stereocenters. The maximum absolute atomic E-state index is 13.2. The molecule has 0 aliphatic heterocycles. The Morgan fingerprint density at radius 3 is 2.38 bits per heavy atom. The van der Waals surface area contributed by atoms with Crippen molar-refractivity contribution in [1.29, 1.82) is 5.26 Å². The number of nitrogens with one attached hydrogen (secondary N) is 2. The van der Waals surface area contributed by atoms with Gasteiger partial charge in [0.15, 0.2) is 5.82 Å². The van der Waals surface area contributed by atoms with Gasteiger partial charge < -0.3 is 20.5 Å². The second-order valence-electron chi connectivity index (χ2n) is 9.17. The zero-order valence-electron chi connectivity index (χ0n) is 22.5. The van der Waals surface area contributed by atoms with Crippen molar-refractivity contribution in [3.05, 3.63) is 126 Å². The number of nitriles is 1. The quantitative estimate of drug-likeness (QED) is 0.227. The van der Waals surface area contributed by atoms with Crippen molar-refractivity contribution in [3.63, 3.8) is 0 Å². The molecule has 5 rings (SSSR count). The van der Waals surface area contributed by atoms with E-state index in [1.165, 1.54) is 13.2 Å². The number of benzene rings is 3. The molecule has 3 aromatic carbocycles. The van der Waals surface area contributed by atoms with Gasteiger partial charge >= 0.3 is 0 Å². The predicted octanol–water partition coefficient (Wildman–Crippen LogP) is 5.58. The molecule has 2 amide bonds. The lowest BCUT2D eigenvalue weighted by atomic mass is 9.96. The largest absolute Gasteiger partial charge is 0.507 e. The average Bonchev–Trinajstić information content (AvgIpc) is 3.04. The molecular weight excluding hydrogens is 530 g/mol. The van der Waals surface area contributed by atoms with Gasteiger partial charge in [0.05, 0.1) is 25.0 Å². The number of methoxy groups -OCH3 is 1. The fourth-order valence-corrected chi connectivity index (χ4v) is 4.33. The molecule has 2 heterocycles. The van der Waals surface area contributed by atoms with E-state index in [1.807, 2.05) is 12.1 Å². The van der Waals surface area contributed by atoms with E-state index in [2.05, 4.69) is 26.7 Å². The lowest BCUT2D eigenvalue weighted by Crippen LogP contribution is -2.23. The van der Waals surface area contributed by atoms with Crippen molar-refractivity contribution in [1.82, 2.24) is 15.3 Å². The number of amides is 2. The van der Waals surface area contributed by atoms with Crippen molar-refractivity contribution in [2.45, 2.75) is 6.54 Å². The Hall–Kier alpha value is -6.01. The van der Waals surface area contributed by atoms with Gasteiger partial charge in [0.25, 0.3) is 11.8 Å². The first-order valence-corrected chi connectivity index (χ1v) is 12.9. The Labute approximate surface area is 242 Å². The van der Waals surface area contributed by atoms with E-state index >= 15 is 0 Å². The van der Waals surface area contributed by atoms with E-state index in [0.29, 0.717) is 45.0 Å². The molecule has 42 heavy (non-hydrogen) atoms. The topological polar surface area (TPSA) is 137 Å². The lowest BCUT2D eigenvalue weighted by Gasteiger charge is -2.15. The minimum Gasteiger partial charge on any atom is -0.507 e. The van der Waals surface area contributed by atoms with Gasteiger partial charge in [-0.15, -0.1) is 0 Å². The third-order valence-corrected chi connectivity index (χ3v) is 6.49. The Balaban J connectivity index is 1.55. The molecule has 0 radical (unpaired) electrons. The molecule has 0 aliphatic rings. The van der Waals surface area contributed by atoms with Crippen LogP contribution in [0.25, 0.3) is 22.4 Å². The van der Waals surface area contributed by atoms with E-state index in [4.69, 9.17) is 4.74 Å². The van der Waals surface area contributed by atoms with E-state index < -0.39 is 5.91 Å². The summed E-state index contributed by atoms with van der Waals surface area (Å²) in [6.07, 6.45) is 1.65. The monoisotopic (exact) mass is 555 g/mol. The number of para-hydroxylation sites is 1. The highest BCUT2D eigenvalue weighted by Gasteiger charge is 2.20. The maximum Gasteiger partial charge on any atom is 0.256 e. The first-order valence-electron chi connectivity index (χ1n) is 12.9. The third kappa shape index (κ3) is 6.08. The smallest absolute Gasteiger partial charge is 0.256 e. The molecule has 0 fully saturated rings. The Bertz CT molecular complexity index is 1800. The van der Waals surface area contributed by atoms with Gasteiger partial charge in [-0.2, -0.15) is 5.26 Å². The van der Waals surface area contributed by atoms with Crippen molar-refractivity contribution < 1.29 is 19.4 Å². The first-order chi connectivity index (χ1) is 20.5. The number of carbonyl (C=O) groups is 2. The van der Waals surface area contributed by atoms with Crippen LogP contribution in [0.4, 0.5) is 5.82 Å². The number of hydrogen-bond donors (Lipinski definition) is 3. The summed E-state index contributed by atoms with van der Waals surface area (Å²) < 4.78 is 5.17. The zero-order chi connectivity index (χ0) is 29.5. The van der Waals surface area contributed by atoms with Gasteiger partial charge in [-0.3, -0.25) is 14.6 Å². The van der Waals surface area contributed by atoms with E-state index in [1.54, 1.807) is 85.1 Å². The first kappa shape index (κ1) is 27.6. The number of aromatic nitrogens is 2. The fraction of sp³-hybridized carbons (Fsp3) is 0.0606. The third-order valence-electron chi connectivity index (χ3n) is 6.49. The molecule has 9 nitrogen and oxygen atoms in total. The van der Waals surface area contributed by atoms with Gasteiger partial charge in [-0.25, -0.2) is 4.98 Å². The number of rotatable bonds is 8. The molecule has 5 aromatic rings. The Kier molecular flexibility index (Phi) is 8.17. The van der Waals surface area contributed by atoms with E-state index in [0.717, 1.165) is 0 Å². The summed E-state index contributed by atoms with van der Waals surface area (Å²) in [5.74, 6) is -0.210. The van der Waals surface area contributed by atoms with Gasteiger partial charge in [0, 0.05) is 28.5 Å². The molecular formula is C33H25N5O4. The normalized spacial score (nSPS) is 10.4. The molecule has 9 heteroatoms. The number of nitrogens with zero attached hydrogens (tertiary/aromatic N) is 3. The van der Waals surface area contributed by atoms with Crippen LogP contribution in [-0.4, -0.2) is 34.0 Å². The maximum atomic E-state index is 13.2. The standard InChI is InChI=1S/C33H25N5O4/c1-42-25-14-12-21(13-15-25)33(41)38-31-28(19-34)27(18-29(37-31)26-10-2-3-11-30(26)39)22-7-6-8-23(17-22)32(40)36-20-24-9-4-5-16-35-24/h2-18,39H,20H2,1H3,(H,36,40)(H,37,38,41). The van der Waals surface area contributed by atoms with E-state index in [9.17, 15) is 20.0 Å². The number of pyridine rings is 2. The van der Waals surface area contributed by atoms with Crippen LogP contribution in [-0.2, 0) is 6.54 Å². The van der Waals surface area contributed by atoms with Gasteiger partial charge in [-0.1, -0.05) is 30.3 Å². The van der Waals surface area contributed by atoms with Crippen LogP contribution in [0.1, 0.15) is 32.0 Å². The molecule has 2 aromatic heterocycles. The second-order valence-corrected chi connectivity index (χ2v) is 9.17. The van der Waals surface area contributed by atoms with Gasteiger partial charge in [-0.05, 0) is 72.3 Å². The van der Waals surface area contributed by atoms with Crippen molar-refractivity contribution in [2.75, 3.05) is 12.4 Å². The number of anilines is 1. The van der Waals surface area contributed by atoms with Crippen molar-refractivity contribution in [2.24, 2.45) is 0 Å². The number of ether oxygens (including phenoxy) is 1. The number of phenolic OH excluding ortho intramolecular Hbond substituents is 1. The highest BCUT2D eigenvalue weighted by atomic mass is 16.5. The fourth-order valence-electron chi connectivity index (χ4n) is 4.33. The molecule has 3 N–H and O–H groups in total. The minimum atomic E-state index is -0.482. The van der Waals surface area contributed by atoms with Crippen LogP contribution in [0.2, 0.25) is 0 Å². The van der Waals surface area contributed by atoms with Crippen LogP contribution >= 0.6 is 0 Å². The van der Waals surface area contributed by atoms with E-state index in [-0.39, 0.29) is 29.6 Å². The van der Waals surface area contributed by atoms with Crippen molar-refractivity contribution >= 4 is 17.6 Å². The summed E-state index contributed by atoms with van der Waals surface area (Å²) in [6.45, 7) is 0.252. The lowest BCUT2D eigenvalue weighted by molar-refractivity contribution is 0.0949. The zero-order valence-corrected chi connectivity index (χ0v) is 22.5. The van der Waals surface area contributed by atoms with Crippen LogP contribution < -0.4 is 15.4 Å². The molecule has 206 valence electrons. The SMILES string of the molecule is COc1ccc(C(=O)Nc2nc(-c3ccccc3O)cc(-c3cccc(C(=O)NCc4ccccn4)c3)c2C#N)cc1. The molecule has 0 bridgehead atoms. The highest BCUT2D eigenvalue weighted by molar-refractivity contribution is 6.05. The Morgan fingerprint density at radius 1 is 0.881 bits per heavy atom. The summed E-state index contributed by atoms with van der Waals surface area (Å²) in [4.78, 5) is 34.9. The van der Waals surface area contributed by atoms with Crippen LogP contribution in [0, 0.1) is 11.3 Å². The Morgan fingerprint density at radius 2 is 1.67 bits per heavy atom. The summed E-state index contributed by atoms with van der Waals surface area (Å²) in [6, 6.07) is 29.2. The summed E-state index contributed by atoms with van der Waals surface area (Å²) >= 11 is 0. The molecule has 0 spiro atoms. The molecule has 0 saturated carbocycles. The average molecular weight is 556 g/mol. The highest BCUT2D eigenvalue weighted by Crippen LogP contribution is 2.35. The summed E-state index contributed by atoms with van der Waals surface area (Å²) in [7, 11) is 1.53. The number of aromatic hydroxyl groups is 1. The molecule has 0 aliphatic carbocycles. The number of hydrogen-bond acceptors (Lipinski definition) is 7. The van der Waals surface area contributed by atoms with Crippen LogP contribution in [0.5, 0.6) is 11.5 Å². The number of carbonyl (C=O) groups excluding carboxylic acids is 2. The van der Waals surface area contributed by atoms with Crippen LogP contribution in [0.3, 0.4) is 0 Å². The van der Waals surface area contributed by atoms with Crippen molar-refractivity contribution in [3.8, 4) is 40.0 Å². The van der Waals surface area contributed by atoms with Crippen LogP contribution in [0.15, 0.2) is 103 Å². The van der Waals surface area contributed by atoms with Gasteiger partial charge in [0.1, 0.15) is 23.1 Å².